The molecule has 0 aliphatic carbocycles. The summed E-state index contributed by atoms with van der Waals surface area (Å²) in [5.74, 6) is 1.67. The summed E-state index contributed by atoms with van der Waals surface area (Å²) in [5.41, 5.74) is 2.74. The molecule has 2 aromatic rings. The van der Waals surface area contributed by atoms with Crippen LogP contribution < -0.4 is 5.32 Å². The predicted octanol–water partition coefficient (Wildman–Crippen LogP) is 2.96. The molecular formula is C15H19N3S. The molecule has 4 heteroatoms. The lowest BCUT2D eigenvalue weighted by Gasteiger charge is -2.25. The van der Waals surface area contributed by atoms with Crippen molar-refractivity contribution in [2.45, 2.75) is 23.8 Å². The van der Waals surface area contributed by atoms with Crippen LogP contribution in [0.2, 0.25) is 0 Å². The minimum absolute atomic E-state index is 0.341. The summed E-state index contributed by atoms with van der Waals surface area (Å²) < 4.78 is 1.99. The number of aromatic nitrogens is 2. The molecule has 0 radical (unpaired) electrons. The fourth-order valence-corrected chi connectivity index (χ4v) is 4.12. The molecule has 0 saturated heterocycles. The summed E-state index contributed by atoms with van der Waals surface area (Å²) in [4.78, 5) is 1.43. The lowest BCUT2D eigenvalue weighted by atomic mass is 9.91. The lowest BCUT2D eigenvalue weighted by Crippen LogP contribution is -2.29. The smallest absolute Gasteiger partial charge is 0.0569 e. The molecule has 1 aliphatic heterocycles. The third-order valence-electron chi connectivity index (χ3n) is 3.74. The summed E-state index contributed by atoms with van der Waals surface area (Å²) >= 11 is 1.96. The standard InChI is InChI=1S/C15H19N3S/c1-3-16-15(13-8-9-17-18(13)2)12-10-19-14-7-5-4-6-11(12)14/h4-9,12,15-16H,3,10H2,1-2H3. The zero-order valence-electron chi connectivity index (χ0n) is 11.3. The third kappa shape index (κ3) is 2.30. The summed E-state index contributed by atoms with van der Waals surface area (Å²) in [5, 5.41) is 7.95. The first-order chi connectivity index (χ1) is 9.31. The number of fused-ring (bicyclic) bond motifs is 1. The molecule has 2 unspecified atom stereocenters. The first kappa shape index (κ1) is 12.8. The van der Waals surface area contributed by atoms with Crippen LogP contribution >= 0.6 is 11.8 Å². The van der Waals surface area contributed by atoms with Gasteiger partial charge in [0.15, 0.2) is 0 Å². The van der Waals surface area contributed by atoms with Crippen LogP contribution in [0, 0.1) is 0 Å². The topological polar surface area (TPSA) is 29.9 Å². The SMILES string of the molecule is CCNC(c1ccnn1C)C1CSc2ccccc21. The van der Waals surface area contributed by atoms with Gasteiger partial charge in [0, 0.05) is 29.8 Å². The van der Waals surface area contributed by atoms with Gasteiger partial charge in [0.1, 0.15) is 0 Å². The fourth-order valence-electron chi connectivity index (χ4n) is 2.83. The molecule has 1 aromatic carbocycles. The minimum Gasteiger partial charge on any atom is -0.308 e. The monoisotopic (exact) mass is 273 g/mol. The fraction of sp³-hybridized carbons (Fsp3) is 0.400. The molecule has 0 fully saturated rings. The number of rotatable bonds is 4. The van der Waals surface area contributed by atoms with Crippen LogP contribution in [0.3, 0.4) is 0 Å². The Labute approximate surface area is 118 Å². The Kier molecular flexibility index (Phi) is 3.62. The van der Waals surface area contributed by atoms with Gasteiger partial charge in [-0.15, -0.1) is 11.8 Å². The Balaban J connectivity index is 1.96. The zero-order valence-corrected chi connectivity index (χ0v) is 12.2. The number of nitrogens with one attached hydrogen (secondary N) is 1. The van der Waals surface area contributed by atoms with E-state index in [0.717, 1.165) is 12.3 Å². The van der Waals surface area contributed by atoms with Crippen LogP contribution in [0.4, 0.5) is 0 Å². The van der Waals surface area contributed by atoms with Gasteiger partial charge >= 0.3 is 0 Å². The highest BCUT2D eigenvalue weighted by Gasteiger charge is 2.32. The van der Waals surface area contributed by atoms with Crippen LogP contribution in [0.25, 0.3) is 0 Å². The van der Waals surface area contributed by atoms with E-state index in [1.165, 1.54) is 16.2 Å². The number of benzene rings is 1. The van der Waals surface area contributed by atoms with Crippen LogP contribution in [-0.2, 0) is 7.05 Å². The summed E-state index contributed by atoms with van der Waals surface area (Å²) in [6.07, 6.45) is 1.88. The van der Waals surface area contributed by atoms with Crippen molar-refractivity contribution in [1.82, 2.24) is 15.1 Å². The quantitative estimate of drug-likeness (QED) is 0.929. The van der Waals surface area contributed by atoms with E-state index in [2.05, 4.69) is 47.7 Å². The molecule has 3 rings (SSSR count). The van der Waals surface area contributed by atoms with Gasteiger partial charge in [-0.1, -0.05) is 25.1 Å². The normalized spacial score (nSPS) is 19.4. The Hall–Kier alpha value is -1.26. The highest BCUT2D eigenvalue weighted by Crippen LogP contribution is 2.45. The molecule has 1 aliphatic rings. The van der Waals surface area contributed by atoms with Gasteiger partial charge in [-0.3, -0.25) is 4.68 Å². The predicted molar refractivity (Wildman–Crippen MR) is 79.5 cm³/mol. The van der Waals surface area contributed by atoms with Crippen molar-refractivity contribution in [3.05, 3.63) is 47.8 Å². The number of thioether (sulfide) groups is 1. The first-order valence-corrected chi connectivity index (χ1v) is 7.73. The molecular weight excluding hydrogens is 254 g/mol. The first-order valence-electron chi connectivity index (χ1n) is 6.74. The van der Waals surface area contributed by atoms with Gasteiger partial charge < -0.3 is 5.32 Å². The Bertz CT molecular complexity index is 564. The van der Waals surface area contributed by atoms with E-state index in [1.807, 2.05) is 29.7 Å². The van der Waals surface area contributed by atoms with Crippen molar-refractivity contribution in [3.8, 4) is 0 Å². The summed E-state index contributed by atoms with van der Waals surface area (Å²) in [6.45, 7) is 3.14. The number of hydrogen-bond donors (Lipinski definition) is 1. The van der Waals surface area contributed by atoms with Crippen LogP contribution in [0.5, 0.6) is 0 Å². The molecule has 3 nitrogen and oxygen atoms in total. The van der Waals surface area contributed by atoms with E-state index in [1.54, 1.807) is 0 Å². The van der Waals surface area contributed by atoms with Gasteiger partial charge in [-0.05, 0) is 24.2 Å². The zero-order chi connectivity index (χ0) is 13.2. The third-order valence-corrected chi connectivity index (χ3v) is 4.95. The maximum Gasteiger partial charge on any atom is 0.0569 e. The molecule has 100 valence electrons. The molecule has 2 heterocycles. The van der Waals surface area contributed by atoms with Crippen LogP contribution in [0.1, 0.15) is 30.1 Å². The van der Waals surface area contributed by atoms with Crippen molar-refractivity contribution >= 4 is 11.8 Å². The number of aryl methyl sites for hydroxylation is 1. The van der Waals surface area contributed by atoms with Gasteiger partial charge in [0.2, 0.25) is 0 Å². The van der Waals surface area contributed by atoms with E-state index in [0.29, 0.717) is 12.0 Å². The van der Waals surface area contributed by atoms with Gasteiger partial charge in [0.25, 0.3) is 0 Å². The second-order valence-electron chi connectivity index (χ2n) is 4.87. The maximum absolute atomic E-state index is 4.32. The molecule has 0 amide bonds. The summed E-state index contributed by atoms with van der Waals surface area (Å²) in [7, 11) is 2.02. The van der Waals surface area contributed by atoms with Crippen LogP contribution in [0.15, 0.2) is 41.4 Å². The van der Waals surface area contributed by atoms with Crippen molar-refractivity contribution in [2.75, 3.05) is 12.3 Å². The molecule has 19 heavy (non-hydrogen) atoms. The van der Waals surface area contributed by atoms with Gasteiger partial charge in [-0.2, -0.15) is 5.10 Å². The molecule has 1 aromatic heterocycles. The van der Waals surface area contributed by atoms with Gasteiger partial charge in [-0.25, -0.2) is 0 Å². The minimum atomic E-state index is 0.341. The molecule has 1 N–H and O–H groups in total. The van der Waals surface area contributed by atoms with E-state index in [-0.39, 0.29) is 0 Å². The van der Waals surface area contributed by atoms with E-state index < -0.39 is 0 Å². The molecule has 2 atom stereocenters. The number of nitrogens with zero attached hydrogens (tertiary/aromatic N) is 2. The van der Waals surface area contributed by atoms with E-state index in [4.69, 9.17) is 0 Å². The Morgan fingerprint density at radius 1 is 1.42 bits per heavy atom. The van der Waals surface area contributed by atoms with Crippen LogP contribution in [-0.4, -0.2) is 22.1 Å². The average molecular weight is 273 g/mol. The lowest BCUT2D eigenvalue weighted by molar-refractivity contribution is 0.454. The number of hydrogen-bond acceptors (Lipinski definition) is 3. The second kappa shape index (κ2) is 5.39. The maximum atomic E-state index is 4.32. The average Bonchev–Trinajstić information content (AvgIpc) is 3.03. The van der Waals surface area contributed by atoms with Crippen molar-refractivity contribution in [2.24, 2.45) is 7.05 Å². The number of likely N-dealkylation sites (N-methyl/N-ethyl adjacent to an activating group) is 1. The van der Waals surface area contributed by atoms with E-state index >= 15 is 0 Å². The van der Waals surface area contributed by atoms with E-state index in [9.17, 15) is 0 Å². The highest BCUT2D eigenvalue weighted by atomic mass is 32.2. The van der Waals surface area contributed by atoms with Crippen molar-refractivity contribution in [3.63, 3.8) is 0 Å². The largest absolute Gasteiger partial charge is 0.308 e. The molecule has 0 bridgehead atoms. The molecule has 0 spiro atoms. The molecule has 0 saturated carbocycles. The van der Waals surface area contributed by atoms with Crippen molar-refractivity contribution < 1.29 is 0 Å². The second-order valence-corrected chi connectivity index (χ2v) is 5.93. The Morgan fingerprint density at radius 2 is 2.26 bits per heavy atom. The summed E-state index contributed by atoms with van der Waals surface area (Å²) in [6, 6.07) is 11.2. The highest BCUT2D eigenvalue weighted by molar-refractivity contribution is 7.99. The Morgan fingerprint density at radius 3 is 3.00 bits per heavy atom. The van der Waals surface area contributed by atoms with Crippen molar-refractivity contribution in [1.29, 1.82) is 0 Å². The van der Waals surface area contributed by atoms with Gasteiger partial charge in [0.05, 0.1) is 11.7 Å².